The minimum absolute atomic E-state index is 0.766. The largest absolute Gasteiger partial charge is 0.371 e. The Hall–Kier alpha value is -2.54. The minimum atomic E-state index is 0.766. The predicted octanol–water partition coefficient (Wildman–Crippen LogP) is 4.45. The van der Waals surface area contributed by atoms with E-state index in [1.54, 1.807) is 0 Å². The van der Waals surface area contributed by atoms with E-state index in [-0.39, 0.29) is 0 Å². The van der Waals surface area contributed by atoms with E-state index in [1.807, 2.05) is 18.2 Å². The molecule has 0 bridgehead atoms. The van der Waals surface area contributed by atoms with Crippen LogP contribution in [0.2, 0.25) is 0 Å². The Balaban J connectivity index is 2.06. The second-order valence-corrected chi connectivity index (χ2v) is 6.54. The molecule has 0 aliphatic heterocycles. The third kappa shape index (κ3) is 2.24. The maximum absolute atomic E-state index is 9.80. The SMILES string of the molecule is CCCCNc1c2c(c(C#N)c3nc4ccccc4n13)CCCC2. The van der Waals surface area contributed by atoms with E-state index in [2.05, 4.69) is 28.8 Å². The number of pyridine rings is 1. The van der Waals surface area contributed by atoms with Crippen LogP contribution in [0.3, 0.4) is 0 Å². The normalized spacial score (nSPS) is 13.8. The number of aromatic nitrogens is 2. The third-order valence-corrected chi connectivity index (χ3v) is 5.00. The van der Waals surface area contributed by atoms with Gasteiger partial charge in [-0.1, -0.05) is 25.5 Å². The van der Waals surface area contributed by atoms with Gasteiger partial charge in [-0.25, -0.2) is 4.98 Å². The summed E-state index contributed by atoms with van der Waals surface area (Å²) in [6.45, 7) is 3.16. The number of nitrogens with zero attached hydrogens (tertiary/aromatic N) is 3. The van der Waals surface area contributed by atoms with Crippen LogP contribution in [0, 0.1) is 11.3 Å². The van der Waals surface area contributed by atoms with Gasteiger partial charge in [0.2, 0.25) is 0 Å². The van der Waals surface area contributed by atoms with Crippen molar-refractivity contribution in [3.05, 3.63) is 41.0 Å². The molecule has 0 saturated heterocycles. The zero-order chi connectivity index (χ0) is 16.5. The lowest BCUT2D eigenvalue weighted by Crippen LogP contribution is -2.15. The fourth-order valence-corrected chi connectivity index (χ4v) is 3.82. The molecule has 2 aromatic heterocycles. The van der Waals surface area contributed by atoms with Gasteiger partial charge in [0.1, 0.15) is 11.9 Å². The number of unbranched alkanes of at least 4 members (excludes halogenated alkanes) is 1. The average Bonchev–Trinajstić information content (AvgIpc) is 3.00. The number of para-hydroxylation sites is 2. The topological polar surface area (TPSA) is 53.1 Å². The van der Waals surface area contributed by atoms with E-state index in [4.69, 9.17) is 4.98 Å². The summed E-state index contributed by atoms with van der Waals surface area (Å²) >= 11 is 0. The number of hydrogen-bond acceptors (Lipinski definition) is 3. The van der Waals surface area contributed by atoms with Crippen LogP contribution in [-0.4, -0.2) is 15.9 Å². The summed E-state index contributed by atoms with van der Waals surface area (Å²) < 4.78 is 2.17. The van der Waals surface area contributed by atoms with Crippen molar-refractivity contribution in [2.24, 2.45) is 0 Å². The molecule has 4 heteroatoms. The molecule has 3 aromatic rings. The Labute approximate surface area is 142 Å². The van der Waals surface area contributed by atoms with Crippen molar-refractivity contribution >= 4 is 22.5 Å². The molecular weight excluding hydrogens is 296 g/mol. The van der Waals surface area contributed by atoms with Crippen LogP contribution in [0.25, 0.3) is 16.7 Å². The monoisotopic (exact) mass is 318 g/mol. The van der Waals surface area contributed by atoms with Gasteiger partial charge in [0.05, 0.1) is 16.6 Å². The Bertz CT molecular complexity index is 946. The molecule has 4 rings (SSSR count). The zero-order valence-corrected chi connectivity index (χ0v) is 14.1. The summed E-state index contributed by atoms with van der Waals surface area (Å²) in [6.07, 6.45) is 6.69. The molecule has 1 aliphatic rings. The fraction of sp³-hybridized carbons (Fsp3) is 0.400. The lowest BCUT2D eigenvalue weighted by molar-refractivity contribution is 0.680. The summed E-state index contributed by atoms with van der Waals surface area (Å²) in [7, 11) is 0. The van der Waals surface area contributed by atoms with Crippen LogP contribution < -0.4 is 5.32 Å². The molecule has 4 nitrogen and oxygen atoms in total. The number of anilines is 1. The Morgan fingerprint density at radius 2 is 2.00 bits per heavy atom. The average molecular weight is 318 g/mol. The Kier molecular flexibility index (Phi) is 3.86. The minimum Gasteiger partial charge on any atom is -0.371 e. The molecule has 0 radical (unpaired) electrons. The summed E-state index contributed by atoms with van der Waals surface area (Å²) in [6, 6.07) is 10.6. The van der Waals surface area contributed by atoms with Crippen molar-refractivity contribution in [2.75, 3.05) is 11.9 Å². The van der Waals surface area contributed by atoms with Gasteiger partial charge in [-0.05, 0) is 55.4 Å². The number of rotatable bonds is 4. The second-order valence-electron chi connectivity index (χ2n) is 6.54. The van der Waals surface area contributed by atoms with Crippen molar-refractivity contribution in [1.82, 2.24) is 9.38 Å². The van der Waals surface area contributed by atoms with Crippen LogP contribution >= 0.6 is 0 Å². The van der Waals surface area contributed by atoms with Crippen LogP contribution in [0.5, 0.6) is 0 Å². The molecule has 1 aliphatic carbocycles. The van der Waals surface area contributed by atoms with E-state index in [0.717, 1.165) is 60.3 Å². The van der Waals surface area contributed by atoms with Crippen molar-refractivity contribution in [3.8, 4) is 6.07 Å². The quantitative estimate of drug-likeness (QED) is 0.723. The summed E-state index contributed by atoms with van der Waals surface area (Å²) in [5.74, 6) is 1.15. The number of nitrogens with one attached hydrogen (secondary N) is 1. The third-order valence-electron chi connectivity index (χ3n) is 5.00. The molecule has 1 aromatic carbocycles. The second kappa shape index (κ2) is 6.16. The van der Waals surface area contributed by atoms with Gasteiger partial charge in [0, 0.05) is 6.54 Å². The number of hydrogen-bond donors (Lipinski definition) is 1. The lowest BCUT2D eigenvalue weighted by atomic mass is 9.89. The summed E-state index contributed by atoms with van der Waals surface area (Å²) in [5.41, 5.74) is 6.14. The van der Waals surface area contributed by atoms with Crippen molar-refractivity contribution < 1.29 is 0 Å². The highest BCUT2D eigenvalue weighted by molar-refractivity contribution is 5.86. The van der Waals surface area contributed by atoms with E-state index in [1.165, 1.54) is 24.0 Å². The van der Waals surface area contributed by atoms with Crippen molar-refractivity contribution in [3.63, 3.8) is 0 Å². The first kappa shape index (κ1) is 15.0. The van der Waals surface area contributed by atoms with Gasteiger partial charge in [0.25, 0.3) is 0 Å². The molecular formula is C20H22N4. The zero-order valence-electron chi connectivity index (χ0n) is 14.1. The fourth-order valence-electron chi connectivity index (χ4n) is 3.82. The first-order chi connectivity index (χ1) is 11.8. The molecule has 1 N–H and O–H groups in total. The van der Waals surface area contributed by atoms with Gasteiger partial charge in [-0.15, -0.1) is 0 Å². The molecule has 0 fully saturated rings. The highest BCUT2D eigenvalue weighted by Gasteiger charge is 2.24. The maximum atomic E-state index is 9.80. The lowest BCUT2D eigenvalue weighted by Gasteiger charge is -2.23. The molecule has 0 atom stereocenters. The number of nitriles is 1. The van der Waals surface area contributed by atoms with Gasteiger partial charge in [-0.2, -0.15) is 5.26 Å². The molecule has 0 amide bonds. The summed E-state index contributed by atoms with van der Waals surface area (Å²) in [4.78, 5) is 4.78. The number of benzene rings is 1. The molecule has 0 spiro atoms. The van der Waals surface area contributed by atoms with Crippen LogP contribution in [0.15, 0.2) is 24.3 Å². The molecule has 0 saturated carbocycles. The molecule has 122 valence electrons. The van der Waals surface area contributed by atoms with E-state index < -0.39 is 0 Å². The predicted molar refractivity (Wildman–Crippen MR) is 97.5 cm³/mol. The van der Waals surface area contributed by atoms with Crippen molar-refractivity contribution in [1.29, 1.82) is 5.26 Å². The highest BCUT2D eigenvalue weighted by Crippen LogP contribution is 2.35. The van der Waals surface area contributed by atoms with Gasteiger partial charge in [0.15, 0.2) is 5.65 Å². The van der Waals surface area contributed by atoms with E-state index >= 15 is 0 Å². The van der Waals surface area contributed by atoms with E-state index in [9.17, 15) is 5.26 Å². The van der Waals surface area contributed by atoms with Crippen LogP contribution in [-0.2, 0) is 12.8 Å². The number of imidazole rings is 1. The first-order valence-corrected chi connectivity index (χ1v) is 8.94. The summed E-state index contributed by atoms with van der Waals surface area (Å²) in [5, 5.41) is 13.5. The number of fused-ring (bicyclic) bond motifs is 4. The highest BCUT2D eigenvalue weighted by atomic mass is 15.1. The van der Waals surface area contributed by atoms with Gasteiger partial charge < -0.3 is 5.32 Å². The Morgan fingerprint density at radius 3 is 2.79 bits per heavy atom. The van der Waals surface area contributed by atoms with Crippen LogP contribution in [0.1, 0.15) is 49.3 Å². The van der Waals surface area contributed by atoms with Crippen molar-refractivity contribution in [2.45, 2.75) is 45.4 Å². The van der Waals surface area contributed by atoms with Crippen LogP contribution in [0.4, 0.5) is 5.82 Å². The first-order valence-electron chi connectivity index (χ1n) is 8.94. The van der Waals surface area contributed by atoms with E-state index in [0.29, 0.717) is 0 Å². The molecule has 2 heterocycles. The standard InChI is InChI=1S/C20H22N4/c1-2-3-12-22-19-15-9-5-4-8-14(15)16(13-21)20-23-17-10-6-7-11-18(17)24(19)20/h6-7,10-11,22H,2-5,8-9,12H2,1H3. The van der Waals surface area contributed by atoms with Gasteiger partial charge in [-0.3, -0.25) is 4.40 Å². The maximum Gasteiger partial charge on any atom is 0.157 e. The molecule has 24 heavy (non-hydrogen) atoms. The smallest absolute Gasteiger partial charge is 0.157 e. The Morgan fingerprint density at radius 1 is 1.21 bits per heavy atom. The van der Waals surface area contributed by atoms with Gasteiger partial charge >= 0.3 is 0 Å². The molecule has 0 unspecified atom stereocenters.